The Morgan fingerprint density at radius 2 is 1.85 bits per heavy atom. The number of hydrogen-bond acceptors (Lipinski definition) is 4. The molecule has 0 unspecified atom stereocenters. The molecule has 0 spiro atoms. The predicted octanol–water partition coefficient (Wildman–Crippen LogP) is 6.90. The number of benzene rings is 3. The summed E-state index contributed by atoms with van der Waals surface area (Å²) < 4.78 is 22.2. The summed E-state index contributed by atoms with van der Waals surface area (Å²) in [7, 11) is 1.56. The van der Waals surface area contributed by atoms with Gasteiger partial charge in [-0.25, -0.2) is 4.39 Å². The highest BCUT2D eigenvalue weighted by atomic mass is 35.5. The van der Waals surface area contributed by atoms with Gasteiger partial charge in [-0.1, -0.05) is 72.0 Å². The molecule has 1 aliphatic heterocycles. The molecule has 3 aromatic carbocycles. The van der Waals surface area contributed by atoms with Crippen LogP contribution in [0, 0.1) is 5.82 Å². The van der Waals surface area contributed by atoms with Crippen LogP contribution in [-0.4, -0.2) is 21.9 Å². The van der Waals surface area contributed by atoms with Gasteiger partial charge in [0.25, 0.3) is 5.91 Å². The monoisotopic (exact) mass is 508 g/mol. The number of para-hydroxylation sites is 3. The minimum absolute atomic E-state index is 0.214. The number of halogens is 2. The fraction of sp³-hybridized carbons (Fsp3) is 0.0769. The summed E-state index contributed by atoms with van der Waals surface area (Å²) in [6, 6.07) is 19.7. The van der Waals surface area contributed by atoms with Crippen molar-refractivity contribution >= 4 is 68.5 Å². The van der Waals surface area contributed by atoms with Crippen molar-refractivity contribution in [1.82, 2.24) is 4.57 Å². The summed E-state index contributed by atoms with van der Waals surface area (Å²) in [6.45, 7) is 0.266. The van der Waals surface area contributed by atoms with Gasteiger partial charge in [0.1, 0.15) is 11.6 Å². The third-order valence-corrected chi connectivity index (χ3v) is 7.27. The summed E-state index contributed by atoms with van der Waals surface area (Å²) in [6.07, 6.45) is 3.74. The molecule has 0 bridgehead atoms. The number of thiocarbonyl (C=S) groups is 1. The Bertz CT molecular complexity index is 1460. The van der Waals surface area contributed by atoms with Crippen LogP contribution in [0.2, 0.25) is 5.02 Å². The molecule has 0 radical (unpaired) electrons. The molecule has 0 atom stereocenters. The Morgan fingerprint density at radius 3 is 2.65 bits per heavy atom. The topological polar surface area (TPSA) is 34.5 Å². The zero-order valence-electron chi connectivity index (χ0n) is 18.0. The van der Waals surface area contributed by atoms with Crippen LogP contribution in [0.15, 0.2) is 77.8 Å². The molecule has 4 aromatic rings. The Morgan fingerprint density at radius 1 is 1.09 bits per heavy atom. The van der Waals surface area contributed by atoms with Gasteiger partial charge in [0, 0.05) is 33.2 Å². The molecule has 2 heterocycles. The fourth-order valence-corrected chi connectivity index (χ4v) is 5.50. The molecular formula is C26H18ClFN2O2S2. The van der Waals surface area contributed by atoms with E-state index in [1.165, 1.54) is 22.7 Å². The predicted molar refractivity (Wildman–Crippen MR) is 141 cm³/mol. The normalized spacial score (nSPS) is 15.0. The van der Waals surface area contributed by atoms with Crippen molar-refractivity contribution in [3.05, 3.63) is 99.8 Å². The highest BCUT2D eigenvalue weighted by molar-refractivity contribution is 8.27. The number of ether oxygens (including phenoxy) is 1. The molecule has 1 amide bonds. The summed E-state index contributed by atoms with van der Waals surface area (Å²) in [5.41, 5.74) is 2.77. The van der Waals surface area contributed by atoms with E-state index in [2.05, 4.69) is 0 Å². The van der Waals surface area contributed by atoms with Gasteiger partial charge in [0.05, 0.1) is 24.2 Å². The lowest BCUT2D eigenvalue weighted by Crippen LogP contribution is -2.27. The minimum atomic E-state index is -0.357. The van der Waals surface area contributed by atoms with Crippen LogP contribution in [0.4, 0.5) is 10.1 Å². The molecule has 0 saturated carbocycles. The summed E-state index contributed by atoms with van der Waals surface area (Å²) in [5.74, 6) is -0.00332. The zero-order chi connectivity index (χ0) is 23.8. The molecule has 1 aliphatic rings. The zero-order valence-corrected chi connectivity index (χ0v) is 20.4. The molecular weight excluding hydrogens is 491 g/mol. The fourth-order valence-electron chi connectivity index (χ4n) is 4.01. The van der Waals surface area contributed by atoms with Crippen LogP contribution in [0.25, 0.3) is 17.0 Å². The lowest BCUT2D eigenvalue weighted by Gasteiger charge is -2.17. The number of thioether (sulfide) groups is 1. The van der Waals surface area contributed by atoms with Crippen LogP contribution in [0.3, 0.4) is 0 Å². The maximum absolute atomic E-state index is 14.4. The summed E-state index contributed by atoms with van der Waals surface area (Å²) in [5, 5.41) is 1.31. The smallest absolute Gasteiger partial charge is 0.270 e. The highest BCUT2D eigenvalue weighted by Crippen LogP contribution is 2.40. The van der Waals surface area contributed by atoms with E-state index in [1.54, 1.807) is 31.4 Å². The molecule has 0 N–H and O–H groups in total. The maximum Gasteiger partial charge on any atom is 0.270 e. The van der Waals surface area contributed by atoms with Crippen molar-refractivity contribution in [3.8, 4) is 5.75 Å². The number of amides is 1. The third kappa shape index (κ3) is 4.00. The number of carbonyl (C=O) groups excluding carboxylic acids is 1. The Hall–Kier alpha value is -3.13. The van der Waals surface area contributed by atoms with E-state index < -0.39 is 0 Å². The first kappa shape index (κ1) is 22.7. The molecule has 1 saturated heterocycles. The Balaban J connectivity index is 1.55. The number of methoxy groups -OCH3 is 1. The van der Waals surface area contributed by atoms with Crippen LogP contribution in [-0.2, 0) is 11.3 Å². The molecule has 1 aromatic heterocycles. The number of carbonyl (C=O) groups is 1. The molecule has 8 heteroatoms. The first-order chi connectivity index (χ1) is 16.5. The number of nitrogens with zero attached hydrogens (tertiary/aromatic N) is 2. The maximum atomic E-state index is 14.4. The standard InChI is InChI=1S/C26H18ClFN2O2S2/c1-32-23-12-5-4-11-22(23)30-25(31)24(34-26(30)33)13-16-14-29(21-10-3-2-7-17(16)21)15-18-19(27)8-6-9-20(18)28/h2-14H,15H2,1H3/b24-13+. The van der Waals surface area contributed by atoms with Gasteiger partial charge in [-0.3, -0.25) is 9.69 Å². The summed E-state index contributed by atoms with van der Waals surface area (Å²) >= 11 is 13.0. The third-order valence-electron chi connectivity index (χ3n) is 5.62. The highest BCUT2D eigenvalue weighted by Gasteiger charge is 2.35. The van der Waals surface area contributed by atoms with E-state index in [9.17, 15) is 9.18 Å². The van der Waals surface area contributed by atoms with Crippen LogP contribution < -0.4 is 9.64 Å². The van der Waals surface area contributed by atoms with Gasteiger partial charge in [-0.15, -0.1) is 0 Å². The van der Waals surface area contributed by atoms with Crippen LogP contribution >= 0.6 is 35.6 Å². The van der Waals surface area contributed by atoms with Crippen molar-refractivity contribution in [2.45, 2.75) is 6.54 Å². The van der Waals surface area contributed by atoms with E-state index in [1.807, 2.05) is 53.2 Å². The van der Waals surface area contributed by atoms with Gasteiger partial charge in [-0.2, -0.15) is 0 Å². The first-order valence-corrected chi connectivity index (χ1v) is 12.0. The number of aromatic nitrogens is 1. The molecule has 170 valence electrons. The molecule has 5 rings (SSSR count). The van der Waals surface area contributed by atoms with Crippen molar-refractivity contribution in [2.24, 2.45) is 0 Å². The molecule has 34 heavy (non-hydrogen) atoms. The number of anilines is 1. The first-order valence-electron chi connectivity index (χ1n) is 10.4. The molecule has 4 nitrogen and oxygen atoms in total. The van der Waals surface area contributed by atoms with Crippen molar-refractivity contribution in [1.29, 1.82) is 0 Å². The second-order valence-electron chi connectivity index (χ2n) is 7.62. The number of fused-ring (bicyclic) bond motifs is 1. The number of hydrogen-bond donors (Lipinski definition) is 0. The van der Waals surface area contributed by atoms with Gasteiger partial charge in [-0.05, 0) is 36.4 Å². The largest absolute Gasteiger partial charge is 0.495 e. The SMILES string of the molecule is COc1ccccc1N1C(=O)/C(=C\c2cn(Cc3c(F)cccc3Cl)c3ccccc23)SC1=S. The van der Waals surface area contributed by atoms with Gasteiger partial charge in [0.15, 0.2) is 4.32 Å². The second-order valence-corrected chi connectivity index (χ2v) is 9.70. The van der Waals surface area contributed by atoms with Crippen LogP contribution in [0.5, 0.6) is 5.75 Å². The molecule has 0 aliphatic carbocycles. The summed E-state index contributed by atoms with van der Waals surface area (Å²) in [4.78, 5) is 15.3. The van der Waals surface area contributed by atoms with Crippen molar-refractivity contribution < 1.29 is 13.9 Å². The Labute approximate surface area is 210 Å². The van der Waals surface area contributed by atoms with E-state index in [4.69, 9.17) is 28.6 Å². The second kappa shape index (κ2) is 9.25. The number of rotatable bonds is 5. The molecule has 1 fully saturated rings. The lowest BCUT2D eigenvalue weighted by atomic mass is 10.1. The minimum Gasteiger partial charge on any atom is -0.495 e. The van der Waals surface area contributed by atoms with E-state index in [0.29, 0.717) is 31.2 Å². The van der Waals surface area contributed by atoms with E-state index in [0.717, 1.165) is 16.5 Å². The van der Waals surface area contributed by atoms with Crippen molar-refractivity contribution in [3.63, 3.8) is 0 Å². The van der Waals surface area contributed by atoms with E-state index in [-0.39, 0.29) is 18.3 Å². The average molecular weight is 509 g/mol. The van der Waals surface area contributed by atoms with E-state index >= 15 is 0 Å². The van der Waals surface area contributed by atoms with Gasteiger partial charge in [0.2, 0.25) is 0 Å². The van der Waals surface area contributed by atoms with Gasteiger partial charge < -0.3 is 9.30 Å². The van der Waals surface area contributed by atoms with Crippen LogP contribution in [0.1, 0.15) is 11.1 Å². The van der Waals surface area contributed by atoms with Crippen molar-refractivity contribution in [2.75, 3.05) is 12.0 Å². The average Bonchev–Trinajstić information content (AvgIpc) is 3.32. The quantitative estimate of drug-likeness (QED) is 0.217. The Kier molecular flexibility index (Phi) is 6.16. The van der Waals surface area contributed by atoms with Gasteiger partial charge >= 0.3 is 0 Å². The lowest BCUT2D eigenvalue weighted by molar-refractivity contribution is -0.113.